The Kier molecular flexibility index (Phi) is 6.46. The number of nitrogens with zero attached hydrogens (tertiary/aromatic N) is 2. The highest BCUT2D eigenvalue weighted by Gasteiger charge is 2.33. The molecule has 2 aliphatic rings. The number of halogens is 1. The first-order chi connectivity index (χ1) is 13.4. The lowest BCUT2D eigenvalue weighted by Crippen LogP contribution is -2.41. The monoisotopic (exact) mass is 422 g/mol. The van der Waals surface area contributed by atoms with Gasteiger partial charge in [-0.2, -0.15) is 0 Å². The molecule has 0 radical (unpaired) electrons. The molecule has 0 saturated carbocycles. The summed E-state index contributed by atoms with van der Waals surface area (Å²) in [6.07, 6.45) is 2.45. The van der Waals surface area contributed by atoms with Gasteiger partial charge in [0.25, 0.3) is 5.91 Å². The zero-order valence-electron chi connectivity index (χ0n) is 15.0. The van der Waals surface area contributed by atoms with E-state index in [4.69, 9.17) is 17.3 Å². The van der Waals surface area contributed by atoms with Gasteiger partial charge in [-0.25, -0.2) is 4.39 Å². The van der Waals surface area contributed by atoms with Crippen molar-refractivity contribution < 1.29 is 23.9 Å². The minimum absolute atomic E-state index is 0.108. The van der Waals surface area contributed by atoms with Gasteiger partial charge in [-0.15, -0.1) is 0 Å². The fourth-order valence-corrected chi connectivity index (χ4v) is 4.47. The summed E-state index contributed by atoms with van der Waals surface area (Å²) in [6.45, 7) is 0.958. The lowest BCUT2D eigenvalue weighted by atomic mass is 9.97. The number of hydrogen-bond acceptors (Lipinski definition) is 5. The van der Waals surface area contributed by atoms with E-state index >= 15 is 0 Å². The van der Waals surface area contributed by atoms with Crippen LogP contribution in [-0.4, -0.2) is 56.6 Å². The number of carboxylic acid groups (broad SMARTS) is 1. The van der Waals surface area contributed by atoms with E-state index in [1.54, 1.807) is 23.1 Å². The van der Waals surface area contributed by atoms with Crippen LogP contribution in [-0.2, 0) is 14.4 Å². The van der Waals surface area contributed by atoms with Crippen molar-refractivity contribution in [3.05, 3.63) is 40.6 Å². The van der Waals surface area contributed by atoms with Gasteiger partial charge >= 0.3 is 5.97 Å². The van der Waals surface area contributed by atoms with Crippen LogP contribution in [0.15, 0.2) is 29.2 Å². The molecule has 0 spiro atoms. The van der Waals surface area contributed by atoms with Gasteiger partial charge in [0, 0.05) is 31.6 Å². The van der Waals surface area contributed by atoms with Crippen LogP contribution in [0.25, 0.3) is 6.08 Å². The molecule has 148 valence electrons. The Hall–Kier alpha value is -2.26. The molecule has 2 aliphatic heterocycles. The highest BCUT2D eigenvalue weighted by atomic mass is 32.2. The Bertz CT molecular complexity index is 850. The molecule has 1 aromatic carbocycles. The van der Waals surface area contributed by atoms with Gasteiger partial charge < -0.3 is 10.0 Å². The first kappa shape index (κ1) is 20.5. The van der Waals surface area contributed by atoms with Crippen LogP contribution in [0.1, 0.15) is 24.8 Å². The number of carboxylic acids is 1. The van der Waals surface area contributed by atoms with Crippen molar-refractivity contribution in [3.63, 3.8) is 0 Å². The van der Waals surface area contributed by atoms with Crippen molar-refractivity contribution in [2.45, 2.75) is 19.3 Å². The van der Waals surface area contributed by atoms with Crippen molar-refractivity contribution in [2.24, 2.45) is 5.92 Å². The topological polar surface area (TPSA) is 77.9 Å². The van der Waals surface area contributed by atoms with Crippen LogP contribution < -0.4 is 0 Å². The van der Waals surface area contributed by atoms with E-state index in [1.807, 2.05) is 0 Å². The number of thiocarbonyl (C=S) groups is 1. The largest absolute Gasteiger partial charge is 0.481 e. The molecule has 1 N–H and O–H groups in total. The third-order valence-corrected chi connectivity index (χ3v) is 6.19. The van der Waals surface area contributed by atoms with Crippen LogP contribution >= 0.6 is 24.0 Å². The van der Waals surface area contributed by atoms with Crippen molar-refractivity contribution >= 4 is 52.2 Å². The number of aliphatic carboxylic acids is 1. The molecule has 0 aromatic heterocycles. The van der Waals surface area contributed by atoms with Crippen molar-refractivity contribution in [1.29, 1.82) is 0 Å². The molecule has 6 nitrogen and oxygen atoms in total. The molecule has 2 saturated heterocycles. The van der Waals surface area contributed by atoms with Gasteiger partial charge in [0.05, 0.1) is 10.8 Å². The average molecular weight is 423 g/mol. The molecule has 2 fully saturated rings. The zero-order valence-corrected chi connectivity index (χ0v) is 16.6. The van der Waals surface area contributed by atoms with Crippen LogP contribution in [0.3, 0.4) is 0 Å². The second kappa shape index (κ2) is 8.83. The number of benzene rings is 1. The van der Waals surface area contributed by atoms with E-state index in [0.717, 1.165) is 11.8 Å². The maximum Gasteiger partial charge on any atom is 0.306 e. The minimum Gasteiger partial charge on any atom is -0.481 e. The third-order valence-electron chi connectivity index (χ3n) is 4.81. The average Bonchev–Trinajstić information content (AvgIpc) is 2.94. The lowest BCUT2D eigenvalue weighted by molar-refractivity contribution is -0.145. The molecule has 0 unspecified atom stereocenters. The third kappa shape index (κ3) is 4.59. The fourth-order valence-electron chi connectivity index (χ4n) is 3.17. The van der Waals surface area contributed by atoms with Gasteiger partial charge in [0.1, 0.15) is 10.1 Å². The number of carbonyl (C=O) groups is 3. The standard InChI is InChI=1S/C19H19FN2O4S2/c20-14-4-2-1-3-13(14)11-15-17(24)22(19(27)28-15)10-7-16(23)21-8-5-12(6-9-21)18(25)26/h1-4,11-12H,5-10H2,(H,25,26). The van der Waals surface area contributed by atoms with Crippen LogP contribution in [0.4, 0.5) is 4.39 Å². The molecule has 3 rings (SSSR count). The van der Waals surface area contributed by atoms with Gasteiger partial charge in [-0.3, -0.25) is 19.3 Å². The predicted octanol–water partition coefficient (Wildman–Crippen LogP) is 2.74. The van der Waals surface area contributed by atoms with Gasteiger partial charge in [0.2, 0.25) is 5.91 Å². The Balaban J connectivity index is 1.57. The number of rotatable bonds is 5. The number of thioether (sulfide) groups is 1. The molecule has 28 heavy (non-hydrogen) atoms. The summed E-state index contributed by atoms with van der Waals surface area (Å²) in [5, 5.41) is 9.02. The summed E-state index contributed by atoms with van der Waals surface area (Å²) in [6, 6.07) is 6.15. The summed E-state index contributed by atoms with van der Waals surface area (Å²) in [4.78, 5) is 39.3. The highest BCUT2D eigenvalue weighted by Crippen LogP contribution is 2.33. The maximum atomic E-state index is 13.8. The molecule has 0 bridgehead atoms. The molecule has 2 heterocycles. The summed E-state index contributed by atoms with van der Waals surface area (Å²) < 4.78 is 14.1. The number of piperidine rings is 1. The molecular weight excluding hydrogens is 403 g/mol. The van der Waals surface area contributed by atoms with E-state index in [1.165, 1.54) is 17.0 Å². The van der Waals surface area contributed by atoms with E-state index in [0.29, 0.717) is 40.7 Å². The number of hydrogen-bond donors (Lipinski definition) is 1. The summed E-state index contributed by atoms with van der Waals surface area (Å²) in [5.41, 5.74) is 0.306. The van der Waals surface area contributed by atoms with Crippen LogP contribution in [0, 0.1) is 11.7 Å². The second-order valence-electron chi connectivity index (χ2n) is 6.60. The Morgan fingerprint density at radius 1 is 1.29 bits per heavy atom. The fraction of sp³-hybridized carbons (Fsp3) is 0.368. The number of carbonyl (C=O) groups excluding carboxylic acids is 2. The summed E-state index contributed by atoms with van der Waals surface area (Å²) in [7, 11) is 0. The van der Waals surface area contributed by atoms with E-state index in [9.17, 15) is 18.8 Å². The summed E-state index contributed by atoms with van der Waals surface area (Å²) in [5.74, 6) is -2.12. The van der Waals surface area contributed by atoms with Gasteiger partial charge in [0.15, 0.2) is 0 Å². The molecule has 9 heteroatoms. The van der Waals surface area contributed by atoms with Crippen LogP contribution in [0.5, 0.6) is 0 Å². The first-order valence-electron chi connectivity index (χ1n) is 8.87. The van der Waals surface area contributed by atoms with E-state index < -0.39 is 17.7 Å². The molecule has 0 atom stereocenters. The van der Waals surface area contributed by atoms with Gasteiger partial charge in [-0.1, -0.05) is 42.2 Å². The Morgan fingerprint density at radius 3 is 2.61 bits per heavy atom. The number of amides is 2. The van der Waals surface area contributed by atoms with E-state index in [2.05, 4.69) is 0 Å². The van der Waals surface area contributed by atoms with E-state index in [-0.39, 0.29) is 24.8 Å². The SMILES string of the molecule is O=C(O)C1CCN(C(=O)CCN2C(=O)C(=Cc3ccccc3F)SC2=S)CC1. The van der Waals surface area contributed by atoms with Crippen molar-refractivity contribution in [2.75, 3.05) is 19.6 Å². The molecule has 0 aliphatic carbocycles. The summed E-state index contributed by atoms with van der Waals surface area (Å²) >= 11 is 6.33. The number of likely N-dealkylation sites (tertiary alicyclic amines) is 1. The highest BCUT2D eigenvalue weighted by molar-refractivity contribution is 8.26. The predicted molar refractivity (Wildman–Crippen MR) is 108 cm³/mol. The first-order valence-corrected chi connectivity index (χ1v) is 10.1. The van der Waals surface area contributed by atoms with Crippen molar-refractivity contribution in [3.8, 4) is 0 Å². The zero-order chi connectivity index (χ0) is 20.3. The van der Waals surface area contributed by atoms with Crippen LogP contribution in [0.2, 0.25) is 0 Å². The normalized spacial score (nSPS) is 19.5. The molecular formula is C19H19FN2O4S2. The second-order valence-corrected chi connectivity index (χ2v) is 8.27. The quantitative estimate of drug-likeness (QED) is 0.581. The molecule has 2 amide bonds. The lowest BCUT2D eigenvalue weighted by Gasteiger charge is -2.30. The smallest absolute Gasteiger partial charge is 0.306 e. The molecule has 1 aromatic rings. The van der Waals surface area contributed by atoms with Gasteiger partial charge in [-0.05, 0) is 25.0 Å². The Labute approximate surface area is 171 Å². The Morgan fingerprint density at radius 2 is 1.96 bits per heavy atom. The van der Waals surface area contributed by atoms with Crippen molar-refractivity contribution in [1.82, 2.24) is 9.80 Å². The minimum atomic E-state index is -0.827. The maximum absolute atomic E-state index is 13.8.